The number of aryl methyl sites for hydroxylation is 1. The third kappa shape index (κ3) is 2.92. The van der Waals surface area contributed by atoms with Crippen LogP contribution in [0.5, 0.6) is 0 Å². The lowest BCUT2D eigenvalue weighted by Crippen LogP contribution is -2.57. The molecule has 2 heterocycles. The van der Waals surface area contributed by atoms with Crippen molar-refractivity contribution < 1.29 is 24.0 Å². The smallest absolute Gasteiger partial charge is 0.329 e. The largest absolute Gasteiger partial charge is 0.480 e. The molecule has 1 aliphatic rings. The summed E-state index contributed by atoms with van der Waals surface area (Å²) in [6.45, 7) is 6.07. The molecule has 0 aromatic carbocycles. The molecule has 1 saturated heterocycles. The van der Waals surface area contributed by atoms with Gasteiger partial charge < -0.3 is 19.7 Å². The fraction of sp³-hybridized carbons (Fsp3) is 0.643. The van der Waals surface area contributed by atoms with Gasteiger partial charge in [-0.2, -0.15) is 0 Å². The lowest BCUT2D eigenvalue weighted by Gasteiger charge is -2.33. The van der Waals surface area contributed by atoms with Gasteiger partial charge in [-0.3, -0.25) is 4.79 Å². The predicted molar refractivity (Wildman–Crippen MR) is 73.2 cm³/mol. The van der Waals surface area contributed by atoms with Crippen LogP contribution in [-0.4, -0.2) is 40.9 Å². The Morgan fingerprint density at radius 2 is 1.95 bits per heavy atom. The Morgan fingerprint density at radius 1 is 1.33 bits per heavy atom. The molecule has 7 nitrogen and oxygen atoms in total. The molecule has 1 aliphatic heterocycles. The Balaban J connectivity index is 2.28. The van der Waals surface area contributed by atoms with Crippen molar-refractivity contribution in [1.29, 1.82) is 0 Å². The van der Waals surface area contributed by atoms with Crippen LogP contribution in [0.1, 0.15) is 54.4 Å². The van der Waals surface area contributed by atoms with Crippen LogP contribution >= 0.6 is 0 Å². The summed E-state index contributed by atoms with van der Waals surface area (Å²) in [5.74, 6) is -1.04. The Morgan fingerprint density at radius 3 is 2.48 bits per heavy atom. The molecular weight excluding hydrogens is 276 g/mol. The standard InChI is InChI=1S/C14H20N2O5/c1-8(2)11-10(9(3)16-21-11)12(17)15-14(13(18)19)4-6-20-7-5-14/h8H,4-7H2,1-3H3,(H,15,17)(H,18,19). The average Bonchev–Trinajstić information content (AvgIpc) is 2.81. The summed E-state index contributed by atoms with van der Waals surface area (Å²) in [6, 6.07) is 0. The van der Waals surface area contributed by atoms with Crippen molar-refractivity contribution in [2.75, 3.05) is 13.2 Å². The third-order valence-corrected chi connectivity index (χ3v) is 3.75. The van der Waals surface area contributed by atoms with E-state index in [2.05, 4.69) is 10.5 Å². The van der Waals surface area contributed by atoms with Crippen molar-refractivity contribution in [3.05, 3.63) is 17.0 Å². The monoisotopic (exact) mass is 296 g/mol. The summed E-state index contributed by atoms with van der Waals surface area (Å²) in [5.41, 5.74) is -0.492. The third-order valence-electron chi connectivity index (χ3n) is 3.75. The molecule has 1 fully saturated rings. The first-order valence-corrected chi connectivity index (χ1v) is 6.97. The maximum absolute atomic E-state index is 12.5. The molecule has 2 N–H and O–H groups in total. The van der Waals surface area contributed by atoms with E-state index in [-0.39, 0.29) is 18.8 Å². The Hall–Kier alpha value is -1.89. The van der Waals surface area contributed by atoms with Crippen LogP contribution in [0.25, 0.3) is 0 Å². The van der Waals surface area contributed by atoms with Crippen LogP contribution in [-0.2, 0) is 9.53 Å². The number of ether oxygens (including phenoxy) is 1. The molecule has 0 atom stereocenters. The molecule has 21 heavy (non-hydrogen) atoms. The highest BCUT2D eigenvalue weighted by molar-refractivity contribution is 5.99. The summed E-state index contributed by atoms with van der Waals surface area (Å²) >= 11 is 0. The van der Waals surface area contributed by atoms with Crippen molar-refractivity contribution in [2.24, 2.45) is 0 Å². The van der Waals surface area contributed by atoms with Crippen molar-refractivity contribution in [1.82, 2.24) is 10.5 Å². The number of aromatic nitrogens is 1. The topological polar surface area (TPSA) is 102 Å². The summed E-state index contributed by atoms with van der Waals surface area (Å²) < 4.78 is 10.4. The highest BCUT2D eigenvalue weighted by atomic mass is 16.5. The Kier molecular flexibility index (Phi) is 4.32. The minimum Gasteiger partial charge on any atom is -0.480 e. The van der Waals surface area contributed by atoms with Crippen molar-refractivity contribution in [3.8, 4) is 0 Å². The molecule has 116 valence electrons. The van der Waals surface area contributed by atoms with E-state index in [1.807, 2.05) is 13.8 Å². The van der Waals surface area contributed by atoms with Gasteiger partial charge >= 0.3 is 5.97 Å². The first kappa shape index (κ1) is 15.5. The number of nitrogens with zero attached hydrogens (tertiary/aromatic N) is 1. The highest BCUT2D eigenvalue weighted by Crippen LogP contribution is 2.25. The second-order valence-corrected chi connectivity index (χ2v) is 5.62. The Bertz CT molecular complexity index is 544. The highest BCUT2D eigenvalue weighted by Gasteiger charge is 2.42. The fourth-order valence-corrected chi connectivity index (χ4v) is 2.45. The SMILES string of the molecule is Cc1noc(C(C)C)c1C(=O)NC1(C(=O)O)CCOCC1. The number of carbonyl (C=O) groups excluding carboxylic acids is 1. The molecule has 7 heteroatoms. The molecule has 0 saturated carbocycles. The molecule has 0 bridgehead atoms. The predicted octanol–water partition coefficient (Wildman–Crippen LogP) is 1.47. The average molecular weight is 296 g/mol. The van der Waals surface area contributed by atoms with E-state index in [0.717, 1.165) is 0 Å². The lowest BCUT2D eigenvalue weighted by atomic mass is 9.89. The van der Waals surface area contributed by atoms with Gasteiger partial charge in [0, 0.05) is 32.0 Å². The number of carboxylic acids is 1. The van der Waals surface area contributed by atoms with Gasteiger partial charge in [-0.25, -0.2) is 4.79 Å². The summed E-state index contributed by atoms with van der Waals surface area (Å²) in [6.07, 6.45) is 0.491. The van der Waals surface area contributed by atoms with Gasteiger partial charge in [-0.15, -0.1) is 0 Å². The van der Waals surface area contributed by atoms with Crippen LogP contribution in [0.15, 0.2) is 4.52 Å². The molecule has 1 aromatic rings. The normalized spacial score (nSPS) is 17.7. The zero-order chi connectivity index (χ0) is 15.6. The number of rotatable bonds is 4. The zero-order valence-electron chi connectivity index (χ0n) is 12.4. The minimum absolute atomic E-state index is 0.0117. The van der Waals surface area contributed by atoms with Crippen LogP contribution in [0, 0.1) is 6.92 Å². The molecule has 1 aromatic heterocycles. The van der Waals surface area contributed by atoms with Crippen molar-refractivity contribution >= 4 is 11.9 Å². The molecule has 0 unspecified atom stereocenters. The fourth-order valence-electron chi connectivity index (χ4n) is 2.45. The van der Waals surface area contributed by atoms with Gasteiger partial charge in [0.15, 0.2) is 5.76 Å². The van der Waals surface area contributed by atoms with E-state index in [1.165, 1.54) is 0 Å². The van der Waals surface area contributed by atoms with Gasteiger partial charge in [0.25, 0.3) is 5.91 Å². The van der Waals surface area contributed by atoms with Gasteiger partial charge in [0.1, 0.15) is 11.1 Å². The zero-order valence-corrected chi connectivity index (χ0v) is 12.4. The maximum atomic E-state index is 12.5. The van der Waals surface area contributed by atoms with Gasteiger partial charge in [-0.1, -0.05) is 19.0 Å². The van der Waals surface area contributed by atoms with E-state index in [9.17, 15) is 14.7 Å². The molecule has 0 spiro atoms. The van der Waals surface area contributed by atoms with Gasteiger partial charge in [0.05, 0.1) is 5.69 Å². The van der Waals surface area contributed by atoms with E-state index in [1.54, 1.807) is 6.92 Å². The first-order valence-electron chi connectivity index (χ1n) is 6.97. The molecule has 2 rings (SSSR count). The maximum Gasteiger partial charge on any atom is 0.329 e. The number of carboxylic acid groups (broad SMARTS) is 1. The summed E-state index contributed by atoms with van der Waals surface area (Å²) in [4.78, 5) is 24.1. The van der Waals surface area contributed by atoms with Crippen LogP contribution < -0.4 is 5.32 Å². The number of nitrogens with one attached hydrogen (secondary N) is 1. The first-order chi connectivity index (χ1) is 9.87. The van der Waals surface area contributed by atoms with Crippen molar-refractivity contribution in [2.45, 2.75) is 45.1 Å². The number of hydrogen-bond donors (Lipinski definition) is 2. The minimum atomic E-state index is -1.28. The molecule has 1 amide bonds. The summed E-state index contributed by atoms with van der Waals surface area (Å²) in [5, 5.41) is 15.9. The van der Waals surface area contributed by atoms with Crippen LogP contribution in [0.4, 0.5) is 0 Å². The number of hydrogen-bond acceptors (Lipinski definition) is 5. The number of carbonyl (C=O) groups is 2. The number of amides is 1. The van der Waals surface area contributed by atoms with Crippen LogP contribution in [0.3, 0.4) is 0 Å². The molecule has 0 radical (unpaired) electrons. The van der Waals surface area contributed by atoms with E-state index >= 15 is 0 Å². The van der Waals surface area contributed by atoms with Crippen LogP contribution in [0.2, 0.25) is 0 Å². The molecular formula is C14H20N2O5. The van der Waals surface area contributed by atoms with Gasteiger partial charge in [-0.05, 0) is 6.92 Å². The molecule has 0 aliphatic carbocycles. The van der Waals surface area contributed by atoms with Crippen molar-refractivity contribution in [3.63, 3.8) is 0 Å². The van der Waals surface area contributed by atoms with E-state index < -0.39 is 17.4 Å². The second-order valence-electron chi connectivity index (χ2n) is 5.62. The van der Waals surface area contributed by atoms with Gasteiger partial charge in [0.2, 0.25) is 0 Å². The lowest BCUT2D eigenvalue weighted by molar-refractivity contribution is -0.148. The van der Waals surface area contributed by atoms with E-state index in [0.29, 0.717) is 30.2 Å². The van der Waals surface area contributed by atoms with E-state index in [4.69, 9.17) is 9.26 Å². The quantitative estimate of drug-likeness (QED) is 0.872. The Labute approximate surface area is 122 Å². The second kappa shape index (κ2) is 5.85. The number of aliphatic carboxylic acids is 1. The summed E-state index contributed by atoms with van der Waals surface area (Å²) in [7, 11) is 0.